The van der Waals surface area contributed by atoms with Crippen LogP contribution in [0.5, 0.6) is 5.88 Å². The average Bonchev–Trinajstić information content (AvgIpc) is 2.66. The van der Waals surface area contributed by atoms with Crippen LogP contribution in [0, 0.1) is 24.0 Å². The maximum atomic E-state index is 12.3. The Balaban J connectivity index is 2.24. The van der Waals surface area contributed by atoms with Crippen LogP contribution in [-0.4, -0.2) is 25.8 Å². The van der Waals surface area contributed by atoms with Crippen LogP contribution in [0.15, 0.2) is 49.4 Å². The van der Waals surface area contributed by atoms with Crippen molar-refractivity contribution in [2.24, 2.45) is 4.99 Å². The number of nitro groups is 1. The summed E-state index contributed by atoms with van der Waals surface area (Å²) in [6.07, 6.45) is 0.976. The Hall–Kier alpha value is -3.24. The second kappa shape index (κ2) is 8.25. The zero-order valence-electron chi connectivity index (χ0n) is 15.6. The monoisotopic (exact) mass is 492 g/mol. The normalized spacial score (nSPS) is 11.2. The maximum Gasteiger partial charge on any atom is 0.335 e. The molecule has 0 atom stereocenters. The summed E-state index contributed by atoms with van der Waals surface area (Å²) in [5.74, 6) is -0.699. The molecule has 0 spiro atoms. The van der Waals surface area contributed by atoms with E-state index in [2.05, 4.69) is 25.9 Å². The van der Waals surface area contributed by atoms with Crippen LogP contribution in [-0.2, 0) is 0 Å². The molecule has 3 aromatic rings. The summed E-state index contributed by atoms with van der Waals surface area (Å²) in [4.78, 5) is 41.7. The Morgan fingerprint density at radius 2 is 1.97 bits per heavy atom. The zero-order chi connectivity index (χ0) is 22.2. The van der Waals surface area contributed by atoms with Gasteiger partial charge < -0.3 is 5.11 Å². The van der Waals surface area contributed by atoms with Crippen LogP contribution in [0.25, 0.3) is 5.69 Å². The molecule has 11 heteroatoms. The van der Waals surface area contributed by atoms with Crippen molar-refractivity contribution in [2.75, 3.05) is 0 Å². The third kappa shape index (κ3) is 3.79. The molecule has 2 N–H and O–H groups in total. The van der Waals surface area contributed by atoms with Gasteiger partial charge in [0, 0.05) is 16.3 Å². The van der Waals surface area contributed by atoms with Crippen LogP contribution in [0.3, 0.4) is 0 Å². The van der Waals surface area contributed by atoms with Gasteiger partial charge in [0.1, 0.15) is 11.3 Å². The van der Waals surface area contributed by atoms with Gasteiger partial charge in [-0.15, -0.1) is 0 Å². The number of nitro benzene ring substituents is 1. The largest absolute Gasteiger partial charge is 0.493 e. The highest BCUT2D eigenvalue weighted by Crippen LogP contribution is 2.38. The SMILES string of the molecule is Cc1cc(Br)c(C)c([N+](=O)[O-])c1N=Cc1c(O)n(-c2ccccc2Cl)c(=O)[nH]c1=O. The minimum absolute atomic E-state index is 0.0231. The molecule has 0 radical (unpaired) electrons. The summed E-state index contributed by atoms with van der Waals surface area (Å²) < 4.78 is 1.36. The summed E-state index contributed by atoms with van der Waals surface area (Å²) in [7, 11) is 0. The second-order valence-electron chi connectivity index (χ2n) is 6.30. The van der Waals surface area contributed by atoms with Crippen molar-refractivity contribution < 1.29 is 10.0 Å². The van der Waals surface area contributed by atoms with Gasteiger partial charge >= 0.3 is 5.69 Å². The number of hydrogen-bond acceptors (Lipinski definition) is 6. The molecule has 154 valence electrons. The molecular weight excluding hydrogens is 480 g/mol. The topological polar surface area (TPSA) is 131 Å². The lowest BCUT2D eigenvalue weighted by Crippen LogP contribution is -2.31. The molecule has 0 aliphatic carbocycles. The number of para-hydroxylation sites is 1. The second-order valence-corrected chi connectivity index (χ2v) is 7.56. The van der Waals surface area contributed by atoms with Gasteiger partial charge in [-0.05, 0) is 37.6 Å². The molecule has 0 unspecified atom stereocenters. The van der Waals surface area contributed by atoms with Crippen molar-refractivity contribution in [3.05, 3.63) is 87.5 Å². The van der Waals surface area contributed by atoms with Crippen LogP contribution in [0.2, 0.25) is 5.02 Å². The van der Waals surface area contributed by atoms with Gasteiger partial charge in [0.05, 0.1) is 15.6 Å². The van der Waals surface area contributed by atoms with E-state index in [0.29, 0.717) is 15.6 Å². The van der Waals surface area contributed by atoms with E-state index >= 15 is 0 Å². The molecule has 1 aromatic heterocycles. The molecule has 0 aliphatic rings. The van der Waals surface area contributed by atoms with E-state index in [1.165, 1.54) is 12.1 Å². The number of aromatic hydroxyl groups is 1. The Kier molecular flexibility index (Phi) is 5.90. The minimum atomic E-state index is -0.904. The Labute approximate surface area is 182 Å². The predicted octanol–water partition coefficient (Wildman–Crippen LogP) is 3.92. The van der Waals surface area contributed by atoms with Gasteiger partial charge in [-0.3, -0.25) is 19.9 Å². The van der Waals surface area contributed by atoms with E-state index in [9.17, 15) is 24.8 Å². The van der Waals surface area contributed by atoms with E-state index in [4.69, 9.17) is 11.6 Å². The summed E-state index contributed by atoms with van der Waals surface area (Å²) >= 11 is 9.37. The van der Waals surface area contributed by atoms with Gasteiger partial charge in [-0.2, -0.15) is 0 Å². The zero-order valence-corrected chi connectivity index (χ0v) is 18.0. The maximum absolute atomic E-state index is 12.3. The van der Waals surface area contributed by atoms with Crippen molar-refractivity contribution >= 4 is 45.1 Å². The fourth-order valence-electron chi connectivity index (χ4n) is 2.87. The minimum Gasteiger partial charge on any atom is -0.493 e. The lowest BCUT2D eigenvalue weighted by atomic mass is 10.1. The summed E-state index contributed by atoms with van der Waals surface area (Å²) in [5, 5.41) is 22.3. The van der Waals surface area contributed by atoms with Gasteiger partial charge in [0.25, 0.3) is 11.2 Å². The molecule has 30 heavy (non-hydrogen) atoms. The number of aromatic nitrogens is 2. The highest BCUT2D eigenvalue weighted by molar-refractivity contribution is 9.10. The Morgan fingerprint density at radius 3 is 2.60 bits per heavy atom. The van der Waals surface area contributed by atoms with Crippen molar-refractivity contribution in [1.82, 2.24) is 9.55 Å². The van der Waals surface area contributed by atoms with E-state index in [-0.39, 0.29) is 27.6 Å². The van der Waals surface area contributed by atoms with E-state index < -0.39 is 22.1 Å². The van der Waals surface area contributed by atoms with Crippen molar-refractivity contribution in [2.45, 2.75) is 13.8 Å². The third-order valence-electron chi connectivity index (χ3n) is 4.37. The molecule has 1 heterocycles. The van der Waals surface area contributed by atoms with Crippen LogP contribution in [0.1, 0.15) is 16.7 Å². The number of H-pyrrole nitrogens is 1. The number of aliphatic imine (C=N–C) groups is 1. The number of halogens is 2. The molecule has 0 amide bonds. The van der Waals surface area contributed by atoms with Crippen LogP contribution >= 0.6 is 27.5 Å². The molecule has 2 aromatic carbocycles. The lowest BCUT2D eigenvalue weighted by Gasteiger charge is -2.11. The number of nitrogens with one attached hydrogen (secondary N) is 1. The molecule has 0 bridgehead atoms. The van der Waals surface area contributed by atoms with Crippen LogP contribution in [0.4, 0.5) is 11.4 Å². The number of nitrogens with zero attached hydrogens (tertiary/aromatic N) is 3. The summed E-state index contributed by atoms with van der Waals surface area (Å²) in [6, 6.07) is 7.89. The molecule has 0 saturated heterocycles. The third-order valence-corrected chi connectivity index (χ3v) is 5.52. The lowest BCUT2D eigenvalue weighted by molar-refractivity contribution is -0.384. The quantitative estimate of drug-likeness (QED) is 0.323. The van der Waals surface area contributed by atoms with Gasteiger partial charge in [-0.25, -0.2) is 14.4 Å². The van der Waals surface area contributed by atoms with Gasteiger partial charge in [0.15, 0.2) is 0 Å². The molecule has 3 rings (SSSR count). The predicted molar refractivity (Wildman–Crippen MR) is 117 cm³/mol. The van der Waals surface area contributed by atoms with Crippen molar-refractivity contribution in [1.29, 1.82) is 0 Å². The van der Waals surface area contributed by atoms with E-state index in [1.807, 2.05) is 0 Å². The van der Waals surface area contributed by atoms with E-state index in [0.717, 1.165) is 10.8 Å². The first-order chi connectivity index (χ1) is 14.1. The number of benzene rings is 2. The fourth-order valence-corrected chi connectivity index (χ4v) is 3.62. The number of aryl methyl sites for hydroxylation is 1. The molecule has 0 fully saturated rings. The summed E-state index contributed by atoms with van der Waals surface area (Å²) in [6.45, 7) is 3.18. The Morgan fingerprint density at radius 1 is 1.30 bits per heavy atom. The van der Waals surface area contributed by atoms with Crippen molar-refractivity contribution in [3.63, 3.8) is 0 Å². The fraction of sp³-hybridized carbons (Fsp3) is 0.105. The number of hydrogen-bond donors (Lipinski definition) is 2. The Bertz CT molecular complexity index is 1330. The smallest absolute Gasteiger partial charge is 0.335 e. The first-order valence-electron chi connectivity index (χ1n) is 8.44. The van der Waals surface area contributed by atoms with Crippen molar-refractivity contribution in [3.8, 4) is 11.6 Å². The molecule has 9 nitrogen and oxygen atoms in total. The first kappa shape index (κ1) is 21.5. The summed E-state index contributed by atoms with van der Waals surface area (Å²) in [5.41, 5.74) is -1.40. The highest BCUT2D eigenvalue weighted by Gasteiger charge is 2.22. The standard InChI is InChI=1S/C19H14BrClN4O5/c1-9-7-12(20)10(2)16(25(29)30)15(9)22-8-11-17(26)23-19(28)24(18(11)27)14-6-4-3-5-13(14)21/h3-8,27H,1-2H3,(H,23,26,28). The molecule has 0 aliphatic heterocycles. The van der Waals surface area contributed by atoms with E-state index in [1.54, 1.807) is 32.0 Å². The number of rotatable bonds is 4. The first-order valence-corrected chi connectivity index (χ1v) is 9.62. The molecule has 0 saturated carbocycles. The van der Waals surface area contributed by atoms with Crippen LogP contribution < -0.4 is 11.2 Å². The number of aromatic amines is 1. The van der Waals surface area contributed by atoms with Gasteiger partial charge in [-0.1, -0.05) is 39.7 Å². The highest BCUT2D eigenvalue weighted by atomic mass is 79.9. The average molecular weight is 494 g/mol. The molecular formula is C19H14BrClN4O5. The van der Waals surface area contributed by atoms with Gasteiger partial charge in [0.2, 0.25) is 5.88 Å².